The van der Waals surface area contributed by atoms with Gasteiger partial charge in [0.25, 0.3) is 0 Å². The van der Waals surface area contributed by atoms with Crippen molar-refractivity contribution in [2.75, 3.05) is 0 Å². The summed E-state index contributed by atoms with van der Waals surface area (Å²) < 4.78 is 0. The fourth-order valence-electron chi connectivity index (χ4n) is 1.68. The molecular weight excluding hydrogens is 184 g/mol. The first kappa shape index (κ1) is 10.1. The van der Waals surface area contributed by atoms with Crippen LogP contribution in [-0.2, 0) is 0 Å². The third-order valence-electron chi connectivity index (χ3n) is 2.94. The van der Waals surface area contributed by atoms with E-state index in [2.05, 4.69) is 36.2 Å². The number of pyridine rings is 1. The van der Waals surface area contributed by atoms with Gasteiger partial charge in [-0.25, -0.2) is 0 Å². The van der Waals surface area contributed by atoms with Gasteiger partial charge >= 0.3 is 0 Å². The van der Waals surface area contributed by atoms with Crippen molar-refractivity contribution in [1.82, 2.24) is 4.98 Å². The molecule has 78 valence electrons. The minimum absolute atomic E-state index is 0.180. The molecule has 0 fully saturated rings. The Kier molecular flexibility index (Phi) is 2.69. The molecule has 2 rings (SSSR count). The molecule has 2 nitrogen and oxygen atoms in total. The van der Waals surface area contributed by atoms with Crippen LogP contribution in [0.1, 0.15) is 25.3 Å². The largest absolute Gasteiger partial charge is 0.327 e. The molecule has 0 aliphatic carbocycles. The monoisotopic (exact) mass is 200 g/mol. The molecule has 0 saturated heterocycles. The Balaban J connectivity index is 2.47. The fraction of sp³-hybridized carbons (Fsp3) is 0.308. The summed E-state index contributed by atoms with van der Waals surface area (Å²) in [5.74, 6) is 0.384. The molecule has 0 aliphatic heterocycles. The maximum absolute atomic E-state index is 5.90. The van der Waals surface area contributed by atoms with E-state index in [-0.39, 0.29) is 6.04 Å². The predicted octanol–water partition coefficient (Wildman–Crippen LogP) is 2.69. The topological polar surface area (TPSA) is 38.9 Å². The highest BCUT2D eigenvalue weighted by atomic mass is 14.6. The second-order valence-corrected chi connectivity index (χ2v) is 4.10. The van der Waals surface area contributed by atoms with Gasteiger partial charge in [-0.15, -0.1) is 0 Å². The van der Waals surface area contributed by atoms with Crippen molar-refractivity contribution in [3.05, 3.63) is 42.1 Å². The average molecular weight is 200 g/mol. The standard InChI is InChI=1S/C13H16N2/c1-9(10(2)14)11-5-6-13-12(8-11)4-3-7-15-13/h3-10H,14H2,1-2H3. The number of fused-ring (bicyclic) bond motifs is 1. The van der Waals surface area contributed by atoms with E-state index in [9.17, 15) is 0 Å². The first-order valence-electron chi connectivity index (χ1n) is 5.29. The lowest BCUT2D eigenvalue weighted by atomic mass is 9.94. The van der Waals surface area contributed by atoms with Crippen LogP contribution < -0.4 is 5.73 Å². The van der Waals surface area contributed by atoms with Gasteiger partial charge in [0.2, 0.25) is 0 Å². The molecule has 0 aliphatic rings. The van der Waals surface area contributed by atoms with E-state index in [4.69, 9.17) is 5.73 Å². The van der Waals surface area contributed by atoms with Crippen LogP contribution in [0.25, 0.3) is 10.9 Å². The molecule has 0 amide bonds. The van der Waals surface area contributed by atoms with Gasteiger partial charge in [0.1, 0.15) is 0 Å². The van der Waals surface area contributed by atoms with Gasteiger partial charge in [-0.2, -0.15) is 0 Å². The minimum atomic E-state index is 0.180. The van der Waals surface area contributed by atoms with Crippen LogP contribution in [0.2, 0.25) is 0 Å². The van der Waals surface area contributed by atoms with E-state index in [0.717, 1.165) is 5.52 Å². The SMILES string of the molecule is CC(N)C(C)c1ccc2ncccc2c1. The molecule has 15 heavy (non-hydrogen) atoms. The van der Waals surface area contributed by atoms with Crippen LogP contribution in [0.15, 0.2) is 36.5 Å². The highest BCUT2D eigenvalue weighted by molar-refractivity contribution is 5.79. The van der Waals surface area contributed by atoms with Gasteiger partial charge in [0.15, 0.2) is 0 Å². The van der Waals surface area contributed by atoms with E-state index in [1.165, 1.54) is 10.9 Å². The summed E-state index contributed by atoms with van der Waals surface area (Å²) >= 11 is 0. The van der Waals surface area contributed by atoms with E-state index >= 15 is 0 Å². The molecule has 1 heterocycles. The van der Waals surface area contributed by atoms with Crippen LogP contribution in [0.3, 0.4) is 0 Å². The first-order chi connectivity index (χ1) is 7.18. The van der Waals surface area contributed by atoms with Gasteiger partial charge in [0, 0.05) is 17.6 Å². The predicted molar refractivity (Wildman–Crippen MR) is 63.8 cm³/mol. The second-order valence-electron chi connectivity index (χ2n) is 4.10. The zero-order valence-corrected chi connectivity index (χ0v) is 9.14. The minimum Gasteiger partial charge on any atom is -0.327 e. The zero-order valence-electron chi connectivity index (χ0n) is 9.14. The summed E-state index contributed by atoms with van der Waals surface area (Å²) in [4.78, 5) is 4.30. The van der Waals surface area contributed by atoms with Crippen molar-refractivity contribution >= 4 is 10.9 Å². The van der Waals surface area contributed by atoms with Crippen molar-refractivity contribution in [2.45, 2.75) is 25.8 Å². The Morgan fingerprint density at radius 2 is 2.00 bits per heavy atom. The summed E-state index contributed by atoms with van der Waals surface area (Å²) in [6.07, 6.45) is 1.82. The molecule has 2 unspecified atom stereocenters. The molecule has 0 saturated carbocycles. The lowest BCUT2D eigenvalue weighted by Gasteiger charge is -2.16. The highest BCUT2D eigenvalue weighted by Gasteiger charge is 2.10. The summed E-state index contributed by atoms with van der Waals surface area (Å²) in [6.45, 7) is 4.19. The number of nitrogens with two attached hydrogens (primary N) is 1. The van der Waals surface area contributed by atoms with Crippen LogP contribution in [0.4, 0.5) is 0 Å². The Morgan fingerprint density at radius 3 is 2.73 bits per heavy atom. The van der Waals surface area contributed by atoms with Crippen molar-refractivity contribution in [1.29, 1.82) is 0 Å². The molecule has 2 heteroatoms. The third kappa shape index (κ3) is 2.00. The molecule has 2 atom stereocenters. The lowest BCUT2D eigenvalue weighted by molar-refractivity contribution is 0.614. The molecule has 0 spiro atoms. The van der Waals surface area contributed by atoms with Crippen molar-refractivity contribution in [2.24, 2.45) is 5.73 Å². The van der Waals surface area contributed by atoms with Crippen LogP contribution in [-0.4, -0.2) is 11.0 Å². The molecule has 2 N–H and O–H groups in total. The van der Waals surface area contributed by atoms with Crippen molar-refractivity contribution in [3.8, 4) is 0 Å². The Hall–Kier alpha value is -1.41. The van der Waals surface area contributed by atoms with E-state index in [1.807, 2.05) is 19.2 Å². The van der Waals surface area contributed by atoms with Crippen LogP contribution in [0.5, 0.6) is 0 Å². The number of nitrogens with zero attached hydrogens (tertiary/aromatic N) is 1. The number of rotatable bonds is 2. The van der Waals surface area contributed by atoms with Gasteiger partial charge in [-0.3, -0.25) is 4.98 Å². The van der Waals surface area contributed by atoms with E-state index in [1.54, 1.807) is 0 Å². The van der Waals surface area contributed by atoms with Crippen LogP contribution >= 0.6 is 0 Å². The maximum Gasteiger partial charge on any atom is 0.0702 e. The molecule has 2 aromatic rings. The quantitative estimate of drug-likeness (QED) is 0.809. The maximum atomic E-state index is 5.90. The summed E-state index contributed by atoms with van der Waals surface area (Å²) in [5, 5.41) is 1.18. The fourth-order valence-corrected chi connectivity index (χ4v) is 1.68. The highest BCUT2D eigenvalue weighted by Crippen LogP contribution is 2.21. The summed E-state index contributed by atoms with van der Waals surface area (Å²) in [5.41, 5.74) is 8.22. The Morgan fingerprint density at radius 1 is 1.20 bits per heavy atom. The zero-order chi connectivity index (χ0) is 10.8. The van der Waals surface area contributed by atoms with E-state index in [0.29, 0.717) is 5.92 Å². The molecule has 1 aromatic carbocycles. The molecular formula is C13H16N2. The molecule has 0 radical (unpaired) electrons. The summed E-state index contributed by atoms with van der Waals surface area (Å²) in [7, 11) is 0. The van der Waals surface area contributed by atoms with Crippen LogP contribution in [0, 0.1) is 0 Å². The smallest absolute Gasteiger partial charge is 0.0702 e. The number of hydrogen-bond acceptors (Lipinski definition) is 2. The summed E-state index contributed by atoms with van der Waals surface area (Å²) in [6, 6.07) is 10.6. The molecule has 1 aromatic heterocycles. The Labute approximate surface area is 90.1 Å². The van der Waals surface area contributed by atoms with Gasteiger partial charge in [0.05, 0.1) is 5.52 Å². The number of benzene rings is 1. The average Bonchev–Trinajstić information content (AvgIpc) is 2.27. The van der Waals surface area contributed by atoms with Crippen molar-refractivity contribution in [3.63, 3.8) is 0 Å². The number of hydrogen-bond donors (Lipinski definition) is 1. The lowest BCUT2D eigenvalue weighted by Crippen LogP contribution is -2.22. The third-order valence-corrected chi connectivity index (χ3v) is 2.94. The van der Waals surface area contributed by atoms with Crippen molar-refractivity contribution < 1.29 is 0 Å². The van der Waals surface area contributed by atoms with Gasteiger partial charge in [-0.05, 0) is 36.6 Å². The first-order valence-corrected chi connectivity index (χ1v) is 5.29. The molecule has 0 bridgehead atoms. The normalized spacial score (nSPS) is 15.1. The number of aromatic nitrogens is 1. The Bertz CT molecular complexity index is 463. The van der Waals surface area contributed by atoms with Gasteiger partial charge < -0.3 is 5.73 Å². The van der Waals surface area contributed by atoms with E-state index < -0.39 is 0 Å². The van der Waals surface area contributed by atoms with Gasteiger partial charge in [-0.1, -0.05) is 19.1 Å². The second kappa shape index (κ2) is 3.99.